The molecule has 2 saturated heterocycles. The summed E-state index contributed by atoms with van der Waals surface area (Å²) >= 11 is 3.40. The van der Waals surface area contributed by atoms with E-state index in [1.54, 1.807) is 23.5 Å². The van der Waals surface area contributed by atoms with Crippen LogP contribution >= 0.6 is 23.5 Å². The number of hydrogen-bond donors (Lipinski definition) is 4. The molecule has 0 spiro atoms. The Morgan fingerprint density at radius 3 is 1.67 bits per heavy atom. The second-order valence-electron chi connectivity index (χ2n) is 22.0. The number of aliphatic carboxylic acids is 2. The van der Waals surface area contributed by atoms with Crippen molar-refractivity contribution in [3.05, 3.63) is 35.4 Å². The smallest absolute Gasteiger partial charge is 0.329 e. The van der Waals surface area contributed by atoms with E-state index < -0.39 is 11.9 Å². The first-order valence-electron chi connectivity index (χ1n) is 26.0. The minimum absolute atomic E-state index is 0.0256. The van der Waals surface area contributed by atoms with Crippen molar-refractivity contribution < 1.29 is 34.1 Å². The minimum Gasteiger partial charge on any atom is -0.481 e. The number of carbonyl (C=O) groups excluding carboxylic acids is 2. The molecular formula is C52H72N6O7S2. The molecule has 2 aromatic rings. The molecule has 11 fully saturated rings. The fraction of sp³-hybridized carbons (Fsp3) is 0.731. The van der Waals surface area contributed by atoms with Gasteiger partial charge in [0.25, 0.3) is 11.8 Å². The monoisotopic (exact) mass is 956 g/mol. The summed E-state index contributed by atoms with van der Waals surface area (Å²) in [7, 11) is 0. The van der Waals surface area contributed by atoms with Crippen molar-refractivity contribution in [2.75, 3.05) is 48.3 Å². The highest BCUT2D eigenvalue weighted by Gasteiger charge is 2.50. The van der Waals surface area contributed by atoms with E-state index in [9.17, 15) is 19.2 Å². The van der Waals surface area contributed by atoms with Gasteiger partial charge in [0.05, 0.1) is 17.2 Å². The van der Waals surface area contributed by atoms with Crippen LogP contribution in [0.1, 0.15) is 143 Å². The predicted molar refractivity (Wildman–Crippen MR) is 261 cm³/mol. The van der Waals surface area contributed by atoms with E-state index >= 15 is 0 Å². The summed E-state index contributed by atoms with van der Waals surface area (Å²) in [6.45, 7) is 4.77. The summed E-state index contributed by atoms with van der Waals surface area (Å²) in [6, 6.07) is 8.46. The van der Waals surface area contributed by atoms with E-state index in [1.807, 2.05) is 24.3 Å². The van der Waals surface area contributed by atoms with Crippen molar-refractivity contribution in [3.63, 3.8) is 0 Å². The average molecular weight is 957 g/mol. The van der Waals surface area contributed by atoms with Crippen LogP contribution in [0.25, 0.3) is 0 Å². The molecule has 0 unspecified atom stereocenters. The van der Waals surface area contributed by atoms with E-state index in [4.69, 9.17) is 24.9 Å². The Morgan fingerprint density at radius 1 is 0.642 bits per heavy atom. The number of thioether (sulfide) groups is 2. The minimum atomic E-state index is -0.938. The number of aromatic nitrogens is 2. The predicted octanol–water partition coefficient (Wildman–Crippen LogP) is 8.79. The number of hydrogen-bond acceptors (Lipinski definition) is 11. The summed E-state index contributed by atoms with van der Waals surface area (Å²) in [5.41, 5.74) is 1.41. The maximum Gasteiger partial charge on any atom is 0.329 e. The number of anilines is 2. The molecule has 11 aliphatic rings. The largest absolute Gasteiger partial charge is 0.481 e. The number of nitrogens with zero attached hydrogens (tertiary/aromatic N) is 4. The summed E-state index contributed by atoms with van der Waals surface area (Å²) in [5, 5.41) is 27.1. The molecule has 4 heterocycles. The summed E-state index contributed by atoms with van der Waals surface area (Å²) in [6.07, 6.45) is 21.1. The zero-order valence-electron chi connectivity index (χ0n) is 39.3. The Bertz CT molecular complexity index is 2080. The molecule has 2 aliphatic heterocycles. The molecule has 8 bridgehead atoms. The van der Waals surface area contributed by atoms with Crippen LogP contribution in [0.2, 0.25) is 0 Å². The van der Waals surface area contributed by atoms with Crippen LogP contribution in [0.15, 0.2) is 34.3 Å². The van der Waals surface area contributed by atoms with Gasteiger partial charge in [-0.15, -0.1) is 23.5 Å². The zero-order valence-corrected chi connectivity index (χ0v) is 41.0. The first kappa shape index (κ1) is 47.1. The molecule has 0 aromatic carbocycles. The van der Waals surface area contributed by atoms with Gasteiger partial charge in [0, 0.05) is 49.9 Å². The van der Waals surface area contributed by atoms with Crippen molar-refractivity contribution in [1.29, 1.82) is 0 Å². The lowest BCUT2D eigenvalue weighted by Gasteiger charge is -2.54. The van der Waals surface area contributed by atoms with Crippen LogP contribution in [-0.4, -0.2) is 106 Å². The highest BCUT2D eigenvalue weighted by atomic mass is 32.2. The van der Waals surface area contributed by atoms with Gasteiger partial charge in [-0.1, -0.05) is 26.2 Å². The van der Waals surface area contributed by atoms with Gasteiger partial charge in [-0.25, -0.2) is 14.8 Å². The lowest BCUT2D eigenvalue weighted by molar-refractivity contribution is -0.144. The molecule has 364 valence electrons. The topological polar surface area (TPSA) is 174 Å². The third kappa shape index (κ3) is 10.9. The Labute approximate surface area is 404 Å². The van der Waals surface area contributed by atoms with Gasteiger partial charge in [0.2, 0.25) is 0 Å². The van der Waals surface area contributed by atoms with Crippen LogP contribution in [0.5, 0.6) is 0 Å². The normalized spacial score (nSPS) is 33.7. The number of carboxylic acid groups (broad SMARTS) is 2. The van der Waals surface area contributed by atoms with Crippen LogP contribution in [0.3, 0.4) is 0 Å². The number of amides is 2. The van der Waals surface area contributed by atoms with Crippen LogP contribution < -0.4 is 20.4 Å². The molecule has 9 aliphatic carbocycles. The summed E-state index contributed by atoms with van der Waals surface area (Å²) in [4.78, 5) is 63.1. The van der Waals surface area contributed by atoms with Gasteiger partial charge in [0.15, 0.2) is 0 Å². The standard InChI is InChI=1S/C28H39N3O4S.C24H33N3O3S/c32-25(33)16-35-21-8-9-31(15-21)24-7-6-23(28(29-24)36-22-4-2-1-3-5-22)27(34)30-26-19-11-17-10-18(13-19)14-20(26)12-17;1-2-31-24-19(3-4-20(25-24)27-6-5-14(13-27)12-21(28)29)23(30)26-22-17-8-15-7-16(10-17)11-18(22)9-15/h6-7,17-22,26H,1-5,8-16H2,(H,30,34)(H,32,33);3-4,14-18,22H,2,5-13H2,1H3,(H,26,30)(H,28,29)/t17?,18?,19?,20?,21-,26?;14-,15?,16?,17?,18?,22?/m11/s1. The molecular weight excluding hydrogens is 885 g/mol. The first-order valence-corrected chi connectivity index (χ1v) is 27.9. The molecule has 2 atom stereocenters. The van der Waals surface area contributed by atoms with E-state index in [0.29, 0.717) is 53.1 Å². The average Bonchev–Trinajstić information content (AvgIpc) is 3.98. The zero-order chi connectivity index (χ0) is 46.2. The Kier molecular flexibility index (Phi) is 14.6. The number of carbonyl (C=O) groups is 4. The van der Waals surface area contributed by atoms with E-state index in [1.165, 1.54) is 96.3 Å². The number of pyridine rings is 2. The Balaban J connectivity index is 0.000000159. The van der Waals surface area contributed by atoms with Gasteiger partial charge < -0.3 is 35.4 Å². The van der Waals surface area contributed by atoms with E-state index in [0.717, 1.165) is 89.2 Å². The number of nitrogens with one attached hydrogen (secondary N) is 2. The third-order valence-electron chi connectivity index (χ3n) is 17.3. The highest BCUT2D eigenvalue weighted by molar-refractivity contribution is 8.00. The first-order chi connectivity index (χ1) is 32.5. The number of rotatable bonds is 15. The Morgan fingerprint density at radius 2 is 1.15 bits per heavy atom. The van der Waals surface area contributed by atoms with Gasteiger partial charge in [0.1, 0.15) is 28.3 Å². The van der Waals surface area contributed by atoms with Crippen molar-refractivity contribution >= 4 is 58.9 Å². The summed E-state index contributed by atoms with van der Waals surface area (Å²) in [5.74, 6) is 7.34. The SMILES string of the molecule is CCSc1nc(N2CC[C@H](CC(=O)O)C2)ccc1C(=O)NC1C2CC3CC(C2)CC1C3.O=C(O)CO[C@@H]1CCN(c2ccc(C(=O)NC3C4CC5CC(C4)CC3C5)c(SC3CCCCC3)n2)C1. The highest BCUT2D eigenvalue weighted by Crippen LogP contribution is 2.55. The molecule has 13 nitrogen and oxygen atoms in total. The molecule has 15 heteroatoms. The maximum atomic E-state index is 13.7. The molecule has 9 saturated carbocycles. The molecule has 13 rings (SSSR count). The summed E-state index contributed by atoms with van der Waals surface area (Å²) < 4.78 is 5.52. The van der Waals surface area contributed by atoms with Crippen LogP contribution in [-0.2, 0) is 14.3 Å². The van der Waals surface area contributed by atoms with E-state index in [2.05, 4.69) is 27.4 Å². The van der Waals surface area contributed by atoms with Crippen molar-refractivity contribution in [2.24, 2.45) is 53.3 Å². The van der Waals surface area contributed by atoms with E-state index in [-0.39, 0.29) is 36.9 Å². The van der Waals surface area contributed by atoms with Crippen molar-refractivity contribution in [3.8, 4) is 0 Å². The molecule has 67 heavy (non-hydrogen) atoms. The second-order valence-corrected chi connectivity index (χ2v) is 24.5. The molecule has 2 amide bonds. The number of carboxylic acids is 2. The van der Waals surface area contributed by atoms with Gasteiger partial charge in [-0.2, -0.15) is 0 Å². The molecule has 4 N–H and O–H groups in total. The van der Waals surface area contributed by atoms with Gasteiger partial charge in [-0.05, 0) is 173 Å². The maximum absolute atomic E-state index is 13.7. The van der Waals surface area contributed by atoms with Gasteiger partial charge >= 0.3 is 11.9 Å². The van der Waals surface area contributed by atoms with Crippen LogP contribution in [0.4, 0.5) is 11.6 Å². The fourth-order valence-electron chi connectivity index (χ4n) is 14.7. The fourth-order valence-corrected chi connectivity index (χ4v) is 16.8. The quantitative estimate of drug-likeness (QED) is 0.125. The Hall–Kier alpha value is -3.56. The lowest BCUT2D eigenvalue weighted by atomic mass is 9.54. The van der Waals surface area contributed by atoms with Crippen molar-refractivity contribution in [1.82, 2.24) is 20.6 Å². The lowest BCUT2D eigenvalue weighted by Crippen LogP contribution is -2.55. The number of ether oxygens (including phenoxy) is 1. The van der Waals surface area contributed by atoms with Crippen LogP contribution in [0, 0.1) is 53.3 Å². The van der Waals surface area contributed by atoms with Crippen molar-refractivity contribution in [2.45, 2.75) is 156 Å². The third-order valence-corrected chi connectivity index (χ3v) is 19.5. The molecule has 2 aromatic heterocycles. The molecule has 0 radical (unpaired) electrons. The second kappa shape index (κ2) is 20.8. The van der Waals surface area contributed by atoms with Gasteiger partial charge in [-0.3, -0.25) is 14.4 Å².